The summed E-state index contributed by atoms with van der Waals surface area (Å²) >= 11 is 0. The monoisotopic (exact) mass is 203 g/mol. The summed E-state index contributed by atoms with van der Waals surface area (Å²) in [5, 5.41) is 1.30. The Hall–Kier alpha value is -1.50. The first kappa shape index (κ1) is 13.5. The van der Waals surface area contributed by atoms with Crippen molar-refractivity contribution in [3.05, 3.63) is 48.7 Å². The number of benzene rings is 1. The normalized spacial score (nSPS) is 8.53. The minimum atomic E-state index is 1.23. The number of aromatic amines is 1. The van der Waals surface area contributed by atoms with Crippen LogP contribution in [-0.2, 0) is 0 Å². The van der Waals surface area contributed by atoms with Crippen molar-refractivity contribution in [2.75, 3.05) is 0 Å². The Labute approximate surface area is 92.8 Å². The Kier molecular flexibility index (Phi) is 6.19. The van der Waals surface area contributed by atoms with E-state index in [1.807, 2.05) is 13.8 Å². The van der Waals surface area contributed by atoms with Gasteiger partial charge in [-0.25, -0.2) is 0 Å². The Morgan fingerprint density at radius 1 is 1.00 bits per heavy atom. The summed E-state index contributed by atoms with van der Waals surface area (Å²) < 4.78 is 0. The van der Waals surface area contributed by atoms with E-state index in [-0.39, 0.29) is 0 Å². The van der Waals surface area contributed by atoms with Gasteiger partial charge in [0.25, 0.3) is 0 Å². The molecule has 15 heavy (non-hydrogen) atoms. The van der Waals surface area contributed by atoms with Gasteiger partial charge in [0.15, 0.2) is 0 Å². The maximum atomic E-state index is 3.30. The zero-order chi connectivity index (χ0) is 11.8. The first-order chi connectivity index (χ1) is 7.25. The van der Waals surface area contributed by atoms with Crippen LogP contribution in [0.3, 0.4) is 0 Å². The topological polar surface area (TPSA) is 15.8 Å². The van der Waals surface area contributed by atoms with Crippen LogP contribution < -0.4 is 0 Å². The number of nitrogens with one attached hydrogen (secondary N) is 1. The van der Waals surface area contributed by atoms with Gasteiger partial charge in [-0.15, -0.1) is 13.2 Å². The molecule has 0 saturated carbocycles. The molecule has 0 bridgehead atoms. The van der Waals surface area contributed by atoms with Crippen LogP contribution in [0, 0.1) is 13.8 Å². The molecule has 1 heteroatoms. The van der Waals surface area contributed by atoms with Crippen LogP contribution in [0.4, 0.5) is 0 Å². The van der Waals surface area contributed by atoms with Gasteiger partial charge in [0.2, 0.25) is 0 Å². The SMILES string of the molecule is C=C.CC.Cc1ccc2cc(C)[nH]c2c1. The molecule has 0 aliphatic carbocycles. The van der Waals surface area contributed by atoms with Crippen LogP contribution in [0.2, 0.25) is 0 Å². The summed E-state index contributed by atoms with van der Waals surface area (Å²) in [5.41, 5.74) is 3.77. The molecule has 0 aliphatic rings. The molecule has 0 spiro atoms. The summed E-state index contributed by atoms with van der Waals surface area (Å²) in [6.45, 7) is 14.2. The summed E-state index contributed by atoms with van der Waals surface area (Å²) in [6, 6.07) is 8.61. The van der Waals surface area contributed by atoms with Crippen LogP contribution in [-0.4, -0.2) is 4.98 Å². The van der Waals surface area contributed by atoms with Crippen molar-refractivity contribution < 1.29 is 0 Å². The van der Waals surface area contributed by atoms with Crippen molar-refractivity contribution in [2.24, 2.45) is 0 Å². The minimum Gasteiger partial charge on any atom is -0.359 e. The molecule has 82 valence electrons. The van der Waals surface area contributed by atoms with Gasteiger partial charge in [0, 0.05) is 11.2 Å². The smallest absolute Gasteiger partial charge is 0.0458 e. The van der Waals surface area contributed by atoms with Crippen molar-refractivity contribution in [3.63, 3.8) is 0 Å². The number of hydrogen-bond acceptors (Lipinski definition) is 0. The highest BCUT2D eigenvalue weighted by Gasteiger charge is 1.95. The largest absolute Gasteiger partial charge is 0.359 e. The third kappa shape index (κ3) is 3.62. The fraction of sp³-hybridized carbons (Fsp3) is 0.286. The predicted molar refractivity (Wildman–Crippen MR) is 70.4 cm³/mol. The van der Waals surface area contributed by atoms with Gasteiger partial charge in [-0.1, -0.05) is 26.0 Å². The lowest BCUT2D eigenvalue weighted by Crippen LogP contribution is -1.71. The highest BCUT2D eigenvalue weighted by Crippen LogP contribution is 2.15. The maximum Gasteiger partial charge on any atom is 0.0458 e. The first-order valence-electron chi connectivity index (χ1n) is 5.32. The van der Waals surface area contributed by atoms with E-state index in [2.05, 4.69) is 56.3 Å². The Balaban J connectivity index is 0.000000442. The maximum absolute atomic E-state index is 3.30. The number of aryl methyl sites for hydroxylation is 2. The molecular weight excluding hydrogens is 182 g/mol. The van der Waals surface area contributed by atoms with Gasteiger partial charge in [-0.3, -0.25) is 0 Å². The molecule has 0 radical (unpaired) electrons. The van der Waals surface area contributed by atoms with Crippen LogP contribution in [0.1, 0.15) is 25.1 Å². The predicted octanol–water partition coefficient (Wildman–Crippen LogP) is 4.61. The van der Waals surface area contributed by atoms with E-state index in [4.69, 9.17) is 0 Å². The standard InChI is InChI=1S/C10H11N.C2H6.C2H4/c1-7-3-4-9-6-8(2)11-10(9)5-7;2*1-2/h3-6,11H,1-2H3;1-2H3;1-2H2. The van der Waals surface area contributed by atoms with Gasteiger partial charge < -0.3 is 4.98 Å². The van der Waals surface area contributed by atoms with Crippen molar-refractivity contribution in [3.8, 4) is 0 Å². The highest BCUT2D eigenvalue weighted by atomic mass is 14.7. The average molecular weight is 203 g/mol. The van der Waals surface area contributed by atoms with Crippen LogP contribution in [0.5, 0.6) is 0 Å². The molecule has 1 heterocycles. The van der Waals surface area contributed by atoms with Gasteiger partial charge in [-0.2, -0.15) is 0 Å². The highest BCUT2D eigenvalue weighted by molar-refractivity contribution is 5.80. The number of fused-ring (bicyclic) bond motifs is 1. The second kappa shape index (κ2) is 6.88. The van der Waals surface area contributed by atoms with Crippen molar-refractivity contribution >= 4 is 10.9 Å². The molecule has 0 saturated heterocycles. The van der Waals surface area contributed by atoms with E-state index in [0.29, 0.717) is 0 Å². The molecule has 2 rings (SSSR count). The van der Waals surface area contributed by atoms with Crippen molar-refractivity contribution in [1.82, 2.24) is 4.98 Å². The van der Waals surface area contributed by atoms with Gasteiger partial charge in [0.1, 0.15) is 0 Å². The third-order valence-corrected chi connectivity index (χ3v) is 1.91. The minimum absolute atomic E-state index is 1.23. The molecule has 0 atom stereocenters. The zero-order valence-electron chi connectivity index (χ0n) is 10.2. The Bertz CT molecular complexity index is 399. The summed E-state index contributed by atoms with van der Waals surface area (Å²) in [7, 11) is 0. The Morgan fingerprint density at radius 2 is 1.60 bits per heavy atom. The fourth-order valence-electron chi connectivity index (χ4n) is 1.39. The first-order valence-corrected chi connectivity index (χ1v) is 5.32. The second-order valence-corrected chi connectivity index (χ2v) is 3.04. The molecule has 1 aromatic heterocycles. The molecule has 0 fully saturated rings. The fourth-order valence-corrected chi connectivity index (χ4v) is 1.39. The van der Waals surface area contributed by atoms with Crippen LogP contribution >= 0.6 is 0 Å². The van der Waals surface area contributed by atoms with E-state index in [0.717, 1.165) is 0 Å². The molecule has 0 amide bonds. The summed E-state index contributed by atoms with van der Waals surface area (Å²) in [4.78, 5) is 3.30. The Morgan fingerprint density at radius 3 is 2.20 bits per heavy atom. The average Bonchev–Trinajstić information content (AvgIpc) is 2.63. The van der Waals surface area contributed by atoms with Gasteiger partial charge in [0.05, 0.1) is 0 Å². The summed E-state index contributed by atoms with van der Waals surface area (Å²) in [6.07, 6.45) is 0. The van der Waals surface area contributed by atoms with E-state index >= 15 is 0 Å². The zero-order valence-corrected chi connectivity index (χ0v) is 10.2. The lowest BCUT2D eigenvalue weighted by atomic mass is 10.2. The number of aromatic nitrogens is 1. The molecule has 1 N–H and O–H groups in total. The molecule has 1 aromatic carbocycles. The van der Waals surface area contributed by atoms with Crippen LogP contribution in [0.15, 0.2) is 37.4 Å². The van der Waals surface area contributed by atoms with Gasteiger partial charge in [-0.05, 0) is 36.9 Å². The quantitative estimate of drug-likeness (QED) is 0.602. The lowest BCUT2D eigenvalue weighted by Gasteiger charge is -1.90. The molecule has 0 aliphatic heterocycles. The van der Waals surface area contributed by atoms with E-state index in [1.54, 1.807) is 0 Å². The number of rotatable bonds is 0. The molecule has 2 aromatic rings. The second-order valence-electron chi connectivity index (χ2n) is 3.04. The van der Waals surface area contributed by atoms with E-state index in [9.17, 15) is 0 Å². The lowest BCUT2D eigenvalue weighted by molar-refractivity contribution is 1.30. The van der Waals surface area contributed by atoms with Gasteiger partial charge >= 0.3 is 0 Å². The van der Waals surface area contributed by atoms with Crippen molar-refractivity contribution in [2.45, 2.75) is 27.7 Å². The van der Waals surface area contributed by atoms with E-state index in [1.165, 1.54) is 22.2 Å². The molecular formula is C14H21N. The summed E-state index contributed by atoms with van der Waals surface area (Å²) in [5.74, 6) is 0. The van der Waals surface area contributed by atoms with E-state index < -0.39 is 0 Å². The molecule has 1 nitrogen and oxygen atoms in total. The molecule has 0 unspecified atom stereocenters. The number of H-pyrrole nitrogens is 1. The van der Waals surface area contributed by atoms with Crippen molar-refractivity contribution in [1.29, 1.82) is 0 Å². The number of hydrogen-bond donors (Lipinski definition) is 1. The van der Waals surface area contributed by atoms with Crippen LogP contribution in [0.25, 0.3) is 10.9 Å². The third-order valence-electron chi connectivity index (χ3n) is 1.91.